The standard InChI is InChI=1S/C11H18N2O3/c1-2-11-12-10(13-16-11)7-15-9-5-3-8(14)4-6-9/h8-9,14H,2-7H2,1H3. The zero-order valence-corrected chi connectivity index (χ0v) is 9.56. The summed E-state index contributed by atoms with van der Waals surface area (Å²) in [6, 6.07) is 0. The van der Waals surface area contributed by atoms with Crippen LogP contribution in [0.25, 0.3) is 0 Å². The minimum absolute atomic E-state index is 0.142. The summed E-state index contributed by atoms with van der Waals surface area (Å²) < 4.78 is 10.7. The van der Waals surface area contributed by atoms with E-state index in [2.05, 4.69) is 10.1 Å². The second kappa shape index (κ2) is 5.41. The summed E-state index contributed by atoms with van der Waals surface area (Å²) in [6.07, 6.45) is 4.33. The van der Waals surface area contributed by atoms with Crippen molar-refractivity contribution >= 4 is 0 Å². The van der Waals surface area contributed by atoms with Gasteiger partial charge in [-0.05, 0) is 25.7 Å². The quantitative estimate of drug-likeness (QED) is 0.841. The largest absolute Gasteiger partial charge is 0.393 e. The Hall–Kier alpha value is -0.940. The number of aliphatic hydroxyl groups is 1. The van der Waals surface area contributed by atoms with E-state index >= 15 is 0 Å². The number of aromatic nitrogens is 2. The van der Waals surface area contributed by atoms with Crippen LogP contribution < -0.4 is 0 Å². The molecule has 0 saturated heterocycles. The minimum atomic E-state index is -0.142. The molecule has 0 amide bonds. The van der Waals surface area contributed by atoms with Gasteiger partial charge in [0.25, 0.3) is 0 Å². The highest BCUT2D eigenvalue weighted by atomic mass is 16.5. The van der Waals surface area contributed by atoms with Crippen LogP contribution in [0, 0.1) is 0 Å². The van der Waals surface area contributed by atoms with Crippen molar-refractivity contribution in [1.82, 2.24) is 10.1 Å². The number of aliphatic hydroxyl groups excluding tert-OH is 1. The van der Waals surface area contributed by atoms with Crippen LogP contribution in [0.15, 0.2) is 4.52 Å². The van der Waals surface area contributed by atoms with Gasteiger partial charge >= 0.3 is 0 Å². The van der Waals surface area contributed by atoms with Crippen LogP contribution in [0.3, 0.4) is 0 Å². The van der Waals surface area contributed by atoms with Gasteiger partial charge in [-0.2, -0.15) is 4.98 Å². The molecule has 90 valence electrons. The minimum Gasteiger partial charge on any atom is -0.393 e. The molecule has 5 heteroatoms. The van der Waals surface area contributed by atoms with Crippen molar-refractivity contribution in [2.45, 2.75) is 57.8 Å². The van der Waals surface area contributed by atoms with E-state index in [0.29, 0.717) is 18.3 Å². The summed E-state index contributed by atoms with van der Waals surface area (Å²) in [5, 5.41) is 13.2. The number of aryl methyl sites for hydroxylation is 1. The number of nitrogens with zero attached hydrogens (tertiary/aromatic N) is 2. The first-order chi connectivity index (χ1) is 7.78. The predicted octanol–water partition coefficient (Wildman–Crippen LogP) is 1.45. The third kappa shape index (κ3) is 3.02. The summed E-state index contributed by atoms with van der Waals surface area (Å²) in [4.78, 5) is 4.18. The molecule has 1 aliphatic rings. The molecule has 1 aromatic rings. The van der Waals surface area contributed by atoms with Gasteiger partial charge in [0.05, 0.1) is 12.2 Å². The molecule has 0 atom stereocenters. The Balaban J connectivity index is 1.74. The molecule has 2 rings (SSSR count). The highest BCUT2D eigenvalue weighted by Gasteiger charge is 2.20. The van der Waals surface area contributed by atoms with E-state index in [0.717, 1.165) is 32.1 Å². The Morgan fingerprint density at radius 3 is 2.75 bits per heavy atom. The monoisotopic (exact) mass is 226 g/mol. The normalized spacial score (nSPS) is 25.9. The Morgan fingerprint density at radius 2 is 2.12 bits per heavy atom. The zero-order chi connectivity index (χ0) is 11.4. The van der Waals surface area contributed by atoms with Crippen LogP contribution in [0.2, 0.25) is 0 Å². The molecular weight excluding hydrogens is 208 g/mol. The Morgan fingerprint density at radius 1 is 1.38 bits per heavy atom. The first-order valence-corrected chi connectivity index (χ1v) is 5.89. The van der Waals surface area contributed by atoms with E-state index < -0.39 is 0 Å². The molecule has 0 unspecified atom stereocenters. The molecule has 1 aromatic heterocycles. The Labute approximate surface area is 94.8 Å². The fourth-order valence-corrected chi connectivity index (χ4v) is 1.90. The van der Waals surface area contributed by atoms with E-state index in [-0.39, 0.29) is 12.2 Å². The lowest BCUT2D eigenvalue weighted by Gasteiger charge is -2.24. The van der Waals surface area contributed by atoms with Gasteiger partial charge in [-0.3, -0.25) is 0 Å². The molecule has 1 saturated carbocycles. The van der Waals surface area contributed by atoms with Crippen LogP contribution in [0.5, 0.6) is 0 Å². The highest BCUT2D eigenvalue weighted by Crippen LogP contribution is 2.21. The maximum absolute atomic E-state index is 9.35. The van der Waals surface area contributed by atoms with E-state index in [4.69, 9.17) is 9.26 Å². The zero-order valence-electron chi connectivity index (χ0n) is 9.56. The summed E-state index contributed by atoms with van der Waals surface area (Å²) >= 11 is 0. The summed E-state index contributed by atoms with van der Waals surface area (Å²) in [5.74, 6) is 1.26. The van der Waals surface area contributed by atoms with Crippen LogP contribution >= 0.6 is 0 Å². The average molecular weight is 226 g/mol. The van der Waals surface area contributed by atoms with E-state index in [1.807, 2.05) is 6.92 Å². The van der Waals surface area contributed by atoms with E-state index in [9.17, 15) is 5.11 Å². The second-order valence-corrected chi connectivity index (χ2v) is 4.20. The van der Waals surface area contributed by atoms with Gasteiger partial charge in [0.2, 0.25) is 5.89 Å². The molecule has 16 heavy (non-hydrogen) atoms. The fraction of sp³-hybridized carbons (Fsp3) is 0.818. The number of ether oxygens (including phenoxy) is 1. The SMILES string of the molecule is CCc1nc(COC2CCC(O)CC2)no1. The molecule has 0 radical (unpaired) electrons. The number of hydrogen-bond donors (Lipinski definition) is 1. The third-order valence-corrected chi connectivity index (χ3v) is 2.90. The van der Waals surface area contributed by atoms with Gasteiger partial charge in [-0.25, -0.2) is 0 Å². The van der Waals surface area contributed by atoms with Crippen molar-refractivity contribution in [3.63, 3.8) is 0 Å². The van der Waals surface area contributed by atoms with Gasteiger partial charge in [0.15, 0.2) is 5.82 Å². The van der Waals surface area contributed by atoms with Crippen molar-refractivity contribution in [3.8, 4) is 0 Å². The van der Waals surface area contributed by atoms with Crippen LogP contribution in [-0.4, -0.2) is 27.5 Å². The van der Waals surface area contributed by atoms with Gasteiger partial charge < -0.3 is 14.4 Å². The van der Waals surface area contributed by atoms with Crippen molar-refractivity contribution in [3.05, 3.63) is 11.7 Å². The van der Waals surface area contributed by atoms with Gasteiger partial charge in [0.1, 0.15) is 6.61 Å². The molecule has 1 N–H and O–H groups in total. The van der Waals surface area contributed by atoms with Crippen molar-refractivity contribution < 1.29 is 14.4 Å². The molecule has 0 spiro atoms. The smallest absolute Gasteiger partial charge is 0.226 e. The lowest BCUT2D eigenvalue weighted by atomic mass is 9.95. The summed E-state index contributed by atoms with van der Waals surface area (Å²) in [5.41, 5.74) is 0. The summed E-state index contributed by atoms with van der Waals surface area (Å²) in [7, 11) is 0. The highest BCUT2D eigenvalue weighted by molar-refractivity contribution is 4.84. The van der Waals surface area contributed by atoms with Gasteiger partial charge in [-0.15, -0.1) is 0 Å². The number of hydrogen-bond acceptors (Lipinski definition) is 5. The summed E-state index contributed by atoms with van der Waals surface area (Å²) in [6.45, 7) is 2.38. The van der Waals surface area contributed by atoms with Gasteiger partial charge in [-0.1, -0.05) is 12.1 Å². The lowest BCUT2D eigenvalue weighted by Crippen LogP contribution is -2.24. The predicted molar refractivity (Wildman–Crippen MR) is 56.7 cm³/mol. The Kier molecular flexibility index (Phi) is 3.90. The molecule has 1 aliphatic carbocycles. The van der Waals surface area contributed by atoms with E-state index in [1.54, 1.807) is 0 Å². The molecule has 0 aromatic carbocycles. The van der Waals surface area contributed by atoms with Crippen LogP contribution in [0.4, 0.5) is 0 Å². The van der Waals surface area contributed by atoms with E-state index in [1.165, 1.54) is 0 Å². The molecule has 1 heterocycles. The number of rotatable bonds is 4. The van der Waals surface area contributed by atoms with Gasteiger partial charge in [0, 0.05) is 6.42 Å². The molecule has 1 fully saturated rings. The van der Waals surface area contributed by atoms with Crippen LogP contribution in [0.1, 0.15) is 44.3 Å². The first-order valence-electron chi connectivity index (χ1n) is 5.89. The third-order valence-electron chi connectivity index (χ3n) is 2.90. The molecular formula is C11H18N2O3. The first kappa shape index (κ1) is 11.5. The van der Waals surface area contributed by atoms with Crippen molar-refractivity contribution in [2.24, 2.45) is 0 Å². The maximum Gasteiger partial charge on any atom is 0.226 e. The van der Waals surface area contributed by atoms with Crippen LogP contribution in [-0.2, 0) is 17.8 Å². The Bertz CT molecular complexity index is 319. The topological polar surface area (TPSA) is 68.4 Å². The average Bonchev–Trinajstić information content (AvgIpc) is 2.76. The van der Waals surface area contributed by atoms with Crippen molar-refractivity contribution in [2.75, 3.05) is 0 Å². The molecule has 0 bridgehead atoms. The maximum atomic E-state index is 9.35. The lowest BCUT2D eigenvalue weighted by molar-refractivity contribution is -0.0147. The fourth-order valence-electron chi connectivity index (χ4n) is 1.90. The molecule has 5 nitrogen and oxygen atoms in total. The van der Waals surface area contributed by atoms with Crippen molar-refractivity contribution in [1.29, 1.82) is 0 Å². The molecule has 0 aliphatic heterocycles. The second-order valence-electron chi connectivity index (χ2n) is 4.20.